The Hall–Kier alpha value is -1.39. The zero-order chi connectivity index (χ0) is 13.5. The second-order valence-corrected chi connectivity index (χ2v) is 6.92. The number of hydrogen-bond donors (Lipinski definition) is 1. The van der Waals surface area contributed by atoms with Gasteiger partial charge >= 0.3 is 0 Å². The van der Waals surface area contributed by atoms with Crippen LogP contribution in [-0.2, 0) is 6.42 Å². The van der Waals surface area contributed by atoms with Crippen molar-refractivity contribution in [3.63, 3.8) is 0 Å². The summed E-state index contributed by atoms with van der Waals surface area (Å²) in [7, 11) is 0. The third kappa shape index (κ3) is 2.13. The predicted molar refractivity (Wildman–Crippen MR) is 88.4 cm³/mol. The van der Waals surface area contributed by atoms with E-state index >= 15 is 0 Å². The topological polar surface area (TPSA) is 24.9 Å². The molecule has 1 aliphatic rings. The number of hydrogen-bond acceptors (Lipinski definition) is 3. The standard InChI is InChI=1S/C16H13BrN2S/c17-11-2-4-13-10(7-11)1-5-14(13)19-12-3-6-15-16(8-12)20-9-18-15/h2-4,6-9,14,19H,1,5H2. The fourth-order valence-electron chi connectivity index (χ4n) is 2.88. The summed E-state index contributed by atoms with van der Waals surface area (Å²) in [6.07, 6.45) is 2.31. The number of anilines is 1. The molecule has 100 valence electrons. The predicted octanol–water partition coefficient (Wildman–Crippen LogP) is 5.16. The smallest absolute Gasteiger partial charge is 0.0813 e. The average molecular weight is 345 g/mol. The summed E-state index contributed by atoms with van der Waals surface area (Å²) in [5.41, 5.74) is 7.05. The molecule has 1 atom stereocenters. The van der Waals surface area contributed by atoms with Crippen molar-refractivity contribution in [3.8, 4) is 0 Å². The quantitative estimate of drug-likeness (QED) is 0.694. The van der Waals surface area contributed by atoms with E-state index in [4.69, 9.17) is 0 Å². The van der Waals surface area contributed by atoms with E-state index in [0.29, 0.717) is 6.04 Å². The lowest BCUT2D eigenvalue weighted by atomic mass is 10.1. The first-order valence-electron chi connectivity index (χ1n) is 6.68. The number of halogens is 1. The third-order valence-corrected chi connectivity index (χ3v) is 5.14. The van der Waals surface area contributed by atoms with E-state index in [2.05, 4.69) is 62.6 Å². The van der Waals surface area contributed by atoms with Crippen LogP contribution in [0.25, 0.3) is 10.2 Å². The zero-order valence-corrected chi connectivity index (χ0v) is 13.2. The molecule has 4 rings (SSSR count). The zero-order valence-electron chi connectivity index (χ0n) is 10.8. The van der Waals surface area contributed by atoms with Crippen molar-refractivity contribution in [1.82, 2.24) is 4.98 Å². The molecule has 0 aliphatic heterocycles. The van der Waals surface area contributed by atoms with Crippen LogP contribution in [0, 0.1) is 0 Å². The molecule has 20 heavy (non-hydrogen) atoms. The van der Waals surface area contributed by atoms with Crippen LogP contribution in [0.5, 0.6) is 0 Å². The highest BCUT2D eigenvalue weighted by Gasteiger charge is 2.22. The van der Waals surface area contributed by atoms with Crippen LogP contribution in [0.3, 0.4) is 0 Å². The lowest BCUT2D eigenvalue weighted by Crippen LogP contribution is -2.06. The van der Waals surface area contributed by atoms with E-state index in [9.17, 15) is 0 Å². The number of benzene rings is 2. The fraction of sp³-hybridized carbons (Fsp3) is 0.188. The maximum Gasteiger partial charge on any atom is 0.0813 e. The molecule has 3 aromatic rings. The van der Waals surface area contributed by atoms with Gasteiger partial charge in [0.2, 0.25) is 0 Å². The molecule has 1 N–H and O–H groups in total. The summed E-state index contributed by atoms with van der Waals surface area (Å²) in [5.74, 6) is 0. The normalized spacial score (nSPS) is 17.4. The van der Waals surface area contributed by atoms with Gasteiger partial charge in [0, 0.05) is 10.2 Å². The van der Waals surface area contributed by atoms with E-state index < -0.39 is 0 Å². The maximum absolute atomic E-state index is 4.32. The van der Waals surface area contributed by atoms with Crippen molar-refractivity contribution in [2.24, 2.45) is 0 Å². The number of nitrogens with one attached hydrogen (secondary N) is 1. The van der Waals surface area contributed by atoms with Gasteiger partial charge in [-0.05, 0) is 54.3 Å². The van der Waals surface area contributed by atoms with Crippen molar-refractivity contribution in [3.05, 3.63) is 57.5 Å². The minimum Gasteiger partial charge on any atom is -0.378 e. The van der Waals surface area contributed by atoms with Crippen LogP contribution in [0.4, 0.5) is 5.69 Å². The SMILES string of the molecule is Brc1ccc2c(c1)CCC2Nc1ccc2ncsc2c1. The van der Waals surface area contributed by atoms with Gasteiger partial charge in [-0.1, -0.05) is 22.0 Å². The van der Waals surface area contributed by atoms with Gasteiger partial charge in [-0.15, -0.1) is 11.3 Å². The molecule has 0 fully saturated rings. The van der Waals surface area contributed by atoms with Gasteiger partial charge in [0.05, 0.1) is 21.8 Å². The molecule has 0 bridgehead atoms. The van der Waals surface area contributed by atoms with Crippen LogP contribution in [-0.4, -0.2) is 4.98 Å². The van der Waals surface area contributed by atoms with Gasteiger partial charge in [-0.25, -0.2) is 4.98 Å². The molecule has 0 saturated carbocycles. The summed E-state index contributed by atoms with van der Waals surface area (Å²) >= 11 is 5.24. The van der Waals surface area contributed by atoms with Crippen molar-refractivity contribution in [1.29, 1.82) is 0 Å². The molecule has 1 aromatic heterocycles. The van der Waals surface area contributed by atoms with Crippen molar-refractivity contribution in [2.45, 2.75) is 18.9 Å². The average Bonchev–Trinajstić information content (AvgIpc) is 3.05. The second kappa shape index (κ2) is 4.86. The van der Waals surface area contributed by atoms with Gasteiger partial charge in [0.15, 0.2) is 0 Å². The highest BCUT2D eigenvalue weighted by Crippen LogP contribution is 2.36. The van der Waals surface area contributed by atoms with Crippen LogP contribution in [0.1, 0.15) is 23.6 Å². The minimum atomic E-state index is 0.420. The largest absolute Gasteiger partial charge is 0.378 e. The van der Waals surface area contributed by atoms with E-state index in [1.807, 2.05) is 5.51 Å². The number of thiazole rings is 1. The molecular weight excluding hydrogens is 332 g/mol. The Morgan fingerprint density at radius 2 is 2.15 bits per heavy atom. The number of nitrogens with zero attached hydrogens (tertiary/aromatic N) is 1. The lowest BCUT2D eigenvalue weighted by Gasteiger charge is -2.15. The Morgan fingerprint density at radius 3 is 3.10 bits per heavy atom. The lowest BCUT2D eigenvalue weighted by molar-refractivity contribution is 0.762. The molecule has 2 aromatic carbocycles. The van der Waals surface area contributed by atoms with Crippen molar-refractivity contribution < 1.29 is 0 Å². The first-order valence-corrected chi connectivity index (χ1v) is 8.35. The Kier molecular flexibility index (Phi) is 3.00. The van der Waals surface area contributed by atoms with Gasteiger partial charge in [0.25, 0.3) is 0 Å². The van der Waals surface area contributed by atoms with Crippen LogP contribution < -0.4 is 5.32 Å². The molecule has 1 heterocycles. The molecule has 1 aliphatic carbocycles. The van der Waals surface area contributed by atoms with Gasteiger partial charge < -0.3 is 5.32 Å². The molecule has 1 unspecified atom stereocenters. The first kappa shape index (κ1) is 12.4. The summed E-state index contributed by atoms with van der Waals surface area (Å²) in [4.78, 5) is 4.32. The summed E-state index contributed by atoms with van der Waals surface area (Å²) < 4.78 is 2.41. The Balaban J connectivity index is 1.64. The Labute approximate surface area is 130 Å². The number of aromatic nitrogens is 1. The Morgan fingerprint density at radius 1 is 1.20 bits per heavy atom. The molecule has 0 saturated heterocycles. The molecule has 0 amide bonds. The van der Waals surface area contributed by atoms with Crippen LogP contribution in [0.15, 0.2) is 46.4 Å². The third-order valence-electron chi connectivity index (χ3n) is 3.85. The molecular formula is C16H13BrN2S. The molecule has 0 spiro atoms. The fourth-order valence-corrected chi connectivity index (χ4v) is 4.01. The van der Waals surface area contributed by atoms with Gasteiger partial charge in [-0.2, -0.15) is 0 Å². The van der Waals surface area contributed by atoms with Crippen molar-refractivity contribution in [2.75, 3.05) is 5.32 Å². The van der Waals surface area contributed by atoms with Crippen LogP contribution >= 0.6 is 27.3 Å². The maximum atomic E-state index is 4.32. The molecule has 4 heteroatoms. The molecule has 2 nitrogen and oxygen atoms in total. The number of aryl methyl sites for hydroxylation is 1. The summed E-state index contributed by atoms with van der Waals surface area (Å²) in [6.45, 7) is 0. The monoisotopic (exact) mass is 344 g/mol. The van der Waals surface area contributed by atoms with Crippen molar-refractivity contribution >= 4 is 43.2 Å². The highest BCUT2D eigenvalue weighted by atomic mass is 79.9. The van der Waals surface area contributed by atoms with E-state index in [-0.39, 0.29) is 0 Å². The van der Waals surface area contributed by atoms with E-state index in [0.717, 1.165) is 18.4 Å². The molecule has 0 radical (unpaired) electrons. The second-order valence-electron chi connectivity index (χ2n) is 5.11. The van der Waals surface area contributed by atoms with Crippen LogP contribution in [0.2, 0.25) is 0 Å². The van der Waals surface area contributed by atoms with E-state index in [1.165, 1.54) is 26.0 Å². The highest BCUT2D eigenvalue weighted by molar-refractivity contribution is 9.10. The number of rotatable bonds is 2. The summed E-state index contributed by atoms with van der Waals surface area (Å²) in [6, 6.07) is 13.4. The van der Waals surface area contributed by atoms with Gasteiger partial charge in [-0.3, -0.25) is 0 Å². The number of fused-ring (bicyclic) bond motifs is 2. The first-order chi connectivity index (χ1) is 9.79. The minimum absolute atomic E-state index is 0.420. The van der Waals surface area contributed by atoms with E-state index in [1.54, 1.807) is 11.3 Å². The Bertz CT molecular complexity index is 781. The van der Waals surface area contributed by atoms with Gasteiger partial charge in [0.1, 0.15) is 0 Å². The summed E-state index contributed by atoms with van der Waals surface area (Å²) in [5, 5.41) is 3.66.